The average Bonchev–Trinajstić information content (AvgIpc) is 2.29. The topological polar surface area (TPSA) is 12.0 Å². The second-order valence-corrected chi connectivity index (χ2v) is 4.24. The van der Waals surface area contributed by atoms with E-state index < -0.39 is 11.7 Å². The lowest BCUT2D eigenvalue weighted by atomic mass is 9.89. The maximum Gasteiger partial charge on any atom is 0.416 e. The summed E-state index contributed by atoms with van der Waals surface area (Å²) in [6.07, 6.45) is -3.46. The van der Waals surface area contributed by atoms with Crippen molar-refractivity contribution in [3.63, 3.8) is 0 Å². The van der Waals surface area contributed by atoms with Crippen molar-refractivity contribution in [2.45, 2.75) is 32.5 Å². The monoisotopic (exact) mass is 245 g/mol. The Morgan fingerprint density at radius 3 is 2.29 bits per heavy atom. The molecule has 1 aromatic rings. The molecule has 96 valence electrons. The van der Waals surface area contributed by atoms with Crippen molar-refractivity contribution < 1.29 is 13.2 Å². The van der Waals surface area contributed by atoms with E-state index in [1.165, 1.54) is 6.07 Å². The van der Waals surface area contributed by atoms with E-state index in [0.717, 1.165) is 12.5 Å². The molecule has 1 N–H and O–H groups in total. The van der Waals surface area contributed by atoms with Gasteiger partial charge in [-0.3, -0.25) is 0 Å². The Balaban J connectivity index is 3.20. The van der Waals surface area contributed by atoms with Gasteiger partial charge in [-0.2, -0.15) is 13.2 Å². The van der Waals surface area contributed by atoms with E-state index in [2.05, 4.69) is 5.32 Å². The summed E-state index contributed by atoms with van der Waals surface area (Å²) in [5.41, 5.74) is -0.212. The minimum absolute atomic E-state index is 0.156. The second kappa shape index (κ2) is 5.54. The lowest BCUT2D eigenvalue weighted by Gasteiger charge is -2.26. The number of hydrogen-bond donors (Lipinski definition) is 1. The van der Waals surface area contributed by atoms with Crippen molar-refractivity contribution >= 4 is 0 Å². The molecule has 0 amide bonds. The van der Waals surface area contributed by atoms with Gasteiger partial charge in [-0.05, 0) is 24.6 Å². The Morgan fingerprint density at radius 2 is 1.82 bits per heavy atom. The Kier molecular flexibility index (Phi) is 4.57. The Morgan fingerprint density at radius 1 is 1.24 bits per heavy atom. The van der Waals surface area contributed by atoms with E-state index in [4.69, 9.17) is 0 Å². The summed E-state index contributed by atoms with van der Waals surface area (Å²) in [4.78, 5) is 0. The Labute approximate surface area is 100 Å². The summed E-state index contributed by atoms with van der Waals surface area (Å²) >= 11 is 0. The van der Waals surface area contributed by atoms with Crippen LogP contribution in [0.2, 0.25) is 0 Å². The van der Waals surface area contributed by atoms with Crippen LogP contribution in [-0.2, 0) is 6.18 Å². The van der Waals surface area contributed by atoms with Crippen LogP contribution >= 0.6 is 0 Å². The van der Waals surface area contributed by atoms with Gasteiger partial charge in [-0.25, -0.2) is 0 Å². The third-order valence-electron chi connectivity index (χ3n) is 3.13. The molecule has 0 saturated carbocycles. The lowest BCUT2D eigenvalue weighted by Crippen LogP contribution is -2.26. The fourth-order valence-corrected chi connectivity index (χ4v) is 2.01. The van der Waals surface area contributed by atoms with Crippen molar-refractivity contribution in [3.8, 4) is 0 Å². The number of rotatable bonds is 4. The van der Waals surface area contributed by atoms with Gasteiger partial charge in [0.1, 0.15) is 0 Å². The lowest BCUT2D eigenvalue weighted by molar-refractivity contribution is -0.138. The van der Waals surface area contributed by atoms with Gasteiger partial charge in [0.2, 0.25) is 0 Å². The molecule has 0 radical (unpaired) electrons. The van der Waals surface area contributed by atoms with Crippen LogP contribution in [0.3, 0.4) is 0 Å². The predicted octanol–water partition coefficient (Wildman–Crippen LogP) is 4.01. The van der Waals surface area contributed by atoms with E-state index in [-0.39, 0.29) is 12.0 Å². The standard InChI is InChI=1S/C13H18F3N/c1-4-9(2)12(17-3)10-7-5-6-8-11(10)13(14,15)16/h5-9,12,17H,4H2,1-3H3. The van der Waals surface area contributed by atoms with E-state index in [0.29, 0.717) is 5.56 Å². The molecule has 0 spiro atoms. The zero-order valence-electron chi connectivity index (χ0n) is 10.3. The first-order valence-electron chi connectivity index (χ1n) is 5.75. The maximum atomic E-state index is 12.9. The summed E-state index contributed by atoms with van der Waals surface area (Å²) in [6, 6.07) is 5.50. The van der Waals surface area contributed by atoms with Crippen molar-refractivity contribution in [2.75, 3.05) is 7.05 Å². The molecule has 0 fully saturated rings. The zero-order chi connectivity index (χ0) is 13.1. The molecule has 0 aliphatic carbocycles. The molecule has 0 aliphatic rings. The van der Waals surface area contributed by atoms with Gasteiger partial charge in [0.15, 0.2) is 0 Å². The first-order chi connectivity index (χ1) is 7.91. The van der Waals surface area contributed by atoms with Crippen molar-refractivity contribution in [1.82, 2.24) is 5.32 Å². The molecule has 2 atom stereocenters. The van der Waals surface area contributed by atoms with Crippen molar-refractivity contribution in [2.24, 2.45) is 5.92 Å². The van der Waals surface area contributed by atoms with Crippen LogP contribution in [0.25, 0.3) is 0 Å². The largest absolute Gasteiger partial charge is 0.416 e. The zero-order valence-corrected chi connectivity index (χ0v) is 10.3. The number of benzene rings is 1. The molecule has 0 aromatic heterocycles. The van der Waals surface area contributed by atoms with Crippen LogP contribution in [-0.4, -0.2) is 7.05 Å². The Bertz CT molecular complexity index is 360. The second-order valence-electron chi connectivity index (χ2n) is 4.24. The van der Waals surface area contributed by atoms with E-state index in [1.54, 1.807) is 19.2 Å². The number of alkyl halides is 3. The fraction of sp³-hybridized carbons (Fsp3) is 0.538. The predicted molar refractivity (Wildman–Crippen MR) is 62.7 cm³/mol. The maximum absolute atomic E-state index is 12.9. The van der Waals surface area contributed by atoms with Crippen LogP contribution in [0.4, 0.5) is 13.2 Å². The molecule has 4 heteroatoms. The third kappa shape index (κ3) is 3.22. The molecular formula is C13H18F3N. The smallest absolute Gasteiger partial charge is 0.313 e. The van der Waals surface area contributed by atoms with Gasteiger partial charge < -0.3 is 5.32 Å². The fourth-order valence-electron chi connectivity index (χ4n) is 2.01. The van der Waals surface area contributed by atoms with Crippen LogP contribution in [0, 0.1) is 5.92 Å². The highest BCUT2D eigenvalue weighted by molar-refractivity contribution is 5.32. The molecule has 17 heavy (non-hydrogen) atoms. The molecule has 1 rings (SSSR count). The molecule has 1 nitrogen and oxygen atoms in total. The molecule has 2 unspecified atom stereocenters. The highest BCUT2D eigenvalue weighted by Crippen LogP contribution is 2.36. The highest BCUT2D eigenvalue weighted by atomic mass is 19.4. The van der Waals surface area contributed by atoms with Crippen molar-refractivity contribution in [3.05, 3.63) is 35.4 Å². The van der Waals surface area contributed by atoms with Crippen LogP contribution in [0.5, 0.6) is 0 Å². The van der Waals surface area contributed by atoms with E-state index >= 15 is 0 Å². The number of hydrogen-bond acceptors (Lipinski definition) is 1. The van der Waals surface area contributed by atoms with Gasteiger partial charge in [-0.15, -0.1) is 0 Å². The first kappa shape index (κ1) is 14.0. The summed E-state index contributed by atoms with van der Waals surface area (Å²) < 4.78 is 38.7. The van der Waals surface area contributed by atoms with Crippen LogP contribution < -0.4 is 5.32 Å². The quantitative estimate of drug-likeness (QED) is 0.845. The number of halogens is 3. The number of nitrogens with one attached hydrogen (secondary N) is 1. The molecule has 0 saturated heterocycles. The molecular weight excluding hydrogens is 227 g/mol. The minimum Gasteiger partial charge on any atom is -0.313 e. The SMILES string of the molecule is CCC(C)C(NC)c1ccccc1C(F)(F)F. The molecule has 0 bridgehead atoms. The van der Waals surface area contributed by atoms with Gasteiger partial charge in [0.25, 0.3) is 0 Å². The van der Waals surface area contributed by atoms with E-state index in [9.17, 15) is 13.2 Å². The summed E-state index contributed by atoms with van der Waals surface area (Å²) in [6.45, 7) is 3.93. The molecule has 1 aromatic carbocycles. The average molecular weight is 245 g/mol. The summed E-state index contributed by atoms with van der Waals surface area (Å²) in [5, 5.41) is 2.98. The Hall–Kier alpha value is -1.03. The van der Waals surface area contributed by atoms with Gasteiger partial charge in [-0.1, -0.05) is 38.5 Å². The summed E-state index contributed by atoms with van der Waals surface area (Å²) in [5.74, 6) is 0.156. The van der Waals surface area contributed by atoms with Gasteiger partial charge in [0, 0.05) is 6.04 Å². The van der Waals surface area contributed by atoms with Crippen molar-refractivity contribution in [1.29, 1.82) is 0 Å². The third-order valence-corrected chi connectivity index (χ3v) is 3.13. The van der Waals surface area contributed by atoms with E-state index in [1.807, 2.05) is 13.8 Å². The first-order valence-corrected chi connectivity index (χ1v) is 5.75. The van der Waals surface area contributed by atoms with Crippen LogP contribution in [0.1, 0.15) is 37.4 Å². The normalized spacial score (nSPS) is 15.6. The van der Waals surface area contributed by atoms with Gasteiger partial charge in [0.05, 0.1) is 5.56 Å². The summed E-state index contributed by atoms with van der Waals surface area (Å²) in [7, 11) is 1.70. The van der Waals surface area contributed by atoms with Crippen LogP contribution in [0.15, 0.2) is 24.3 Å². The molecule has 0 heterocycles. The minimum atomic E-state index is -4.29. The highest BCUT2D eigenvalue weighted by Gasteiger charge is 2.35. The van der Waals surface area contributed by atoms with Gasteiger partial charge >= 0.3 is 6.18 Å². The molecule has 0 aliphatic heterocycles.